The molecule has 1 aromatic carbocycles. The van der Waals surface area contributed by atoms with Gasteiger partial charge < -0.3 is 5.32 Å². The number of urea groups is 1. The van der Waals surface area contributed by atoms with Crippen molar-refractivity contribution in [2.75, 3.05) is 11.2 Å². The summed E-state index contributed by atoms with van der Waals surface area (Å²) in [6.07, 6.45) is -4.82. The van der Waals surface area contributed by atoms with Crippen LogP contribution in [0.5, 0.6) is 0 Å². The Morgan fingerprint density at radius 1 is 1.25 bits per heavy atom. The van der Waals surface area contributed by atoms with Gasteiger partial charge in [-0.05, 0) is 18.2 Å². The van der Waals surface area contributed by atoms with Crippen LogP contribution in [0.3, 0.4) is 0 Å². The number of benzene rings is 1. The van der Waals surface area contributed by atoms with Gasteiger partial charge in [0, 0.05) is 12.3 Å². The number of carbonyl (C=O) groups is 2. The first-order valence-corrected chi connectivity index (χ1v) is 5.81. The summed E-state index contributed by atoms with van der Waals surface area (Å²) in [6.45, 7) is 0. The molecule has 1 aromatic rings. The molecule has 1 rings (SSSR count). The van der Waals surface area contributed by atoms with Crippen LogP contribution in [0.2, 0.25) is 0 Å². The van der Waals surface area contributed by atoms with Gasteiger partial charge in [0.25, 0.3) is 0 Å². The van der Waals surface area contributed by atoms with E-state index in [1.165, 1.54) is 0 Å². The summed E-state index contributed by atoms with van der Waals surface area (Å²) in [5.74, 6) is -1.82. The van der Waals surface area contributed by atoms with Crippen LogP contribution in [-0.2, 0) is 11.0 Å². The number of halogens is 5. The molecule has 0 atom stereocenters. The molecule has 0 heterocycles. The molecular formula is C11H9ClF4N2O2. The molecule has 4 nitrogen and oxygen atoms in total. The van der Waals surface area contributed by atoms with Gasteiger partial charge in [0.2, 0.25) is 5.91 Å². The van der Waals surface area contributed by atoms with Gasteiger partial charge >= 0.3 is 12.2 Å². The summed E-state index contributed by atoms with van der Waals surface area (Å²) < 4.78 is 50.6. The fraction of sp³-hybridized carbons (Fsp3) is 0.273. The molecule has 0 aliphatic carbocycles. The van der Waals surface area contributed by atoms with E-state index in [0.717, 1.165) is 0 Å². The Bertz CT molecular complexity index is 520. The fourth-order valence-electron chi connectivity index (χ4n) is 1.23. The lowest BCUT2D eigenvalue weighted by Gasteiger charge is -2.11. The van der Waals surface area contributed by atoms with E-state index in [1.807, 2.05) is 5.32 Å². The Kier molecular flexibility index (Phi) is 5.32. The Hall–Kier alpha value is -1.83. The molecule has 3 amide bonds. The van der Waals surface area contributed by atoms with Crippen LogP contribution in [0.15, 0.2) is 18.2 Å². The lowest BCUT2D eigenvalue weighted by molar-refractivity contribution is -0.137. The van der Waals surface area contributed by atoms with Crippen LogP contribution in [0.25, 0.3) is 0 Å². The second kappa shape index (κ2) is 6.56. The van der Waals surface area contributed by atoms with Crippen molar-refractivity contribution in [1.29, 1.82) is 0 Å². The maximum atomic E-state index is 13.3. The molecule has 9 heteroatoms. The van der Waals surface area contributed by atoms with Gasteiger partial charge in [-0.25, -0.2) is 9.18 Å². The van der Waals surface area contributed by atoms with Crippen molar-refractivity contribution < 1.29 is 27.2 Å². The van der Waals surface area contributed by atoms with Crippen molar-refractivity contribution in [2.45, 2.75) is 12.6 Å². The predicted molar refractivity (Wildman–Crippen MR) is 63.9 cm³/mol. The molecule has 0 radical (unpaired) electrons. The minimum atomic E-state index is -4.67. The normalized spacial score (nSPS) is 11.1. The summed E-state index contributed by atoms with van der Waals surface area (Å²) in [7, 11) is 0. The maximum Gasteiger partial charge on any atom is 0.416 e. The number of nitrogens with one attached hydrogen (secondary N) is 2. The molecule has 0 unspecified atom stereocenters. The van der Waals surface area contributed by atoms with E-state index in [4.69, 9.17) is 11.6 Å². The minimum Gasteiger partial charge on any atom is -0.305 e. The summed E-state index contributed by atoms with van der Waals surface area (Å²) in [4.78, 5) is 22.3. The number of alkyl halides is 4. The number of imide groups is 1. The molecule has 2 N–H and O–H groups in total. The third-order valence-corrected chi connectivity index (χ3v) is 2.31. The Morgan fingerprint density at radius 2 is 1.90 bits per heavy atom. The molecule has 0 aliphatic heterocycles. The third kappa shape index (κ3) is 4.69. The highest BCUT2D eigenvalue weighted by molar-refractivity contribution is 6.19. The fourth-order valence-corrected chi connectivity index (χ4v) is 1.40. The summed E-state index contributed by atoms with van der Waals surface area (Å²) in [5, 5.41) is 3.62. The van der Waals surface area contributed by atoms with E-state index < -0.39 is 35.2 Å². The Labute approximate surface area is 116 Å². The highest BCUT2D eigenvalue weighted by atomic mass is 35.5. The van der Waals surface area contributed by atoms with E-state index in [1.54, 1.807) is 5.32 Å². The average Bonchev–Trinajstić information content (AvgIpc) is 2.30. The van der Waals surface area contributed by atoms with Gasteiger partial charge in [-0.1, -0.05) is 0 Å². The number of carbonyl (C=O) groups excluding carboxylic acids is 2. The van der Waals surface area contributed by atoms with Gasteiger partial charge in [-0.3, -0.25) is 10.1 Å². The van der Waals surface area contributed by atoms with Gasteiger partial charge in [0.1, 0.15) is 5.82 Å². The standard InChI is InChI=1S/C11H9ClF4N2O2/c12-4-3-9(19)18-10(20)17-8-5-6(11(14,15)16)1-2-7(8)13/h1-2,5H,3-4H2,(H2,17,18,19,20). The first-order valence-electron chi connectivity index (χ1n) is 5.27. The summed E-state index contributed by atoms with van der Waals surface area (Å²) >= 11 is 5.26. The van der Waals surface area contributed by atoms with Gasteiger partial charge in [-0.2, -0.15) is 13.2 Å². The van der Waals surface area contributed by atoms with Crippen molar-refractivity contribution in [3.8, 4) is 0 Å². The molecule has 0 aliphatic rings. The smallest absolute Gasteiger partial charge is 0.305 e. The predicted octanol–water partition coefficient (Wildman–Crippen LogP) is 3.12. The van der Waals surface area contributed by atoms with Crippen molar-refractivity contribution >= 4 is 29.2 Å². The monoisotopic (exact) mass is 312 g/mol. The molecule has 0 bridgehead atoms. The lowest BCUT2D eigenvalue weighted by atomic mass is 10.2. The first kappa shape index (κ1) is 16.2. The van der Waals surface area contributed by atoms with Crippen molar-refractivity contribution in [1.82, 2.24) is 5.32 Å². The zero-order valence-electron chi connectivity index (χ0n) is 9.85. The van der Waals surface area contributed by atoms with Crippen molar-refractivity contribution in [2.24, 2.45) is 0 Å². The topological polar surface area (TPSA) is 58.2 Å². The zero-order chi connectivity index (χ0) is 15.3. The number of hydrogen-bond donors (Lipinski definition) is 2. The molecular weight excluding hydrogens is 304 g/mol. The molecule has 0 saturated carbocycles. The Morgan fingerprint density at radius 3 is 2.45 bits per heavy atom. The SMILES string of the molecule is O=C(CCCl)NC(=O)Nc1cc(C(F)(F)F)ccc1F. The molecule has 20 heavy (non-hydrogen) atoms. The van der Waals surface area contributed by atoms with Crippen LogP contribution in [-0.4, -0.2) is 17.8 Å². The molecule has 0 spiro atoms. The minimum absolute atomic E-state index is 0.0307. The van der Waals surface area contributed by atoms with Crippen LogP contribution >= 0.6 is 11.6 Å². The molecule has 0 aromatic heterocycles. The number of amides is 3. The van der Waals surface area contributed by atoms with Crippen molar-refractivity contribution in [3.63, 3.8) is 0 Å². The van der Waals surface area contributed by atoms with E-state index in [9.17, 15) is 27.2 Å². The average molecular weight is 313 g/mol. The zero-order valence-corrected chi connectivity index (χ0v) is 10.6. The summed E-state index contributed by atoms with van der Waals surface area (Å²) in [5.41, 5.74) is -1.81. The highest BCUT2D eigenvalue weighted by Gasteiger charge is 2.31. The molecule has 0 fully saturated rings. The Balaban J connectivity index is 2.81. The van der Waals surface area contributed by atoms with E-state index in [0.29, 0.717) is 18.2 Å². The third-order valence-electron chi connectivity index (χ3n) is 2.12. The second-order valence-corrected chi connectivity index (χ2v) is 4.01. The number of rotatable bonds is 3. The van der Waals surface area contributed by atoms with Gasteiger partial charge in [-0.15, -0.1) is 11.6 Å². The van der Waals surface area contributed by atoms with Gasteiger partial charge in [0.05, 0.1) is 11.3 Å². The number of anilines is 1. The van der Waals surface area contributed by atoms with Crippen molar-refractivity contribution in [3.05, 3.63) is 29.6 Å². The number of hydrogen-bond acceptors (Lipinski definition) is 2. The largest absolute Gasteiger partial charge is 0.416 e. The maximum absolute atomic E-state index is 13.3. The summed E-state index contributed by atoms with van der Waals surface area (Å²) in [6, 6.07) is 0.398. The van der Waals surface area contributed by atoms with Crippen LogP contribution in [0.1, 0.15) is 12.0 Å². The van der Waals surface area contributed by atoms with Gasteiger partial charge in [0.15, 0.2) is 0 Å². The molecule has 110 valence electrons. The lowest BCUT2D eigenvalue weighted by Crippen LogP contribution is -2.34. The first-order chi connectivity index (χ1) is 9.24. The van der Waals surface area contributed by atoms with Crippen LogP contribution in [0, 0.1) is 5.82 Å². The van der Waals surface area contributed by atoms with Crippen LogP contribution in [0.4, 0.5) is 28.0 Å². The van der Waals surface area contributed by atoms with E-state index in [-0.39, 0.29) is 12.3 Å². The molecule has 0 saturated heterocycles. The quantitative estimate of drug-likeness (QED) is 0.665. The van der Waals surface area contributed by atoms with E-state index in [2.05, 4.69) is 0 Å². The van der Waals surface area contributed by atoms with Crippen LogP contribution < -0.4 is 10.6 Å². The highest BCUT2D eigenvalue weighted by Crippen LogP contribution is 2.31. The van der Waals surface area contributed by atoms with E-state index >= 15 is 0 Å². The second-order valence-electron chi connectivity index (χ2n) is 3.63.